The number of carboxylic acid groups (broad SMARTS) is 1. The Labute approximate surface area is 142 Å². The van der Waals surface area contributed by atoms with Gasteiger partial charge in [-0.2, -0.15) is 0 Å². The van der Waals surface area contributed by atoms with Crippen LogP contribution in [0.1, 0.15) is 27.9 Å². The summed E-state index contributed by atoms with van der Waals surface area (Å²) in [7, 11) is 0. The quantitative estimate of drug-likeness (QED) is 0.887. The SMILES string of the molecule is O=C(O)c1ccccc1CC1CN(Cc2ccccc2)CCC1O. The first-order chi connectivity index (χ1) is 11.6. The Morgan fingerprint density at radius 1 is 1.08 bits per heavy atom. The molecule has 0 aromatic heterocycles. The third-order valence-corrected chi connectivity index (χ3v) is 4.76. The highest BCUT2D eigenvalue weighted by atomic mass is 16.4. The summed E-state index contributed by atoms with van der Waals surface area (Å²) in [6.45, 7) is 2.52. The number of nitrogens with zero attached hydrogens (tertiary/aromatic N) is 1. The zero-order chi connectivity index (χ0) is 16.9. The van der Waals surface area contributed by atoms with Crippen molar-refractivity contribution in [3.05, 3.63) is 71.3 Å². The molecule has 1 saturated heterocycles. The van der Waals surface area contributed by atoms with Crippen LogP contribution in [0.25, 0.3) is 0 Å². The predicted octanol–water partition coefficient (Wildman–Crippen LogP) is 2.81. The third-order valence-electron chi connectivity index (χ3n) is 4.76. The highest BCUT2D eigenvalue weighted by Gasteiger charge is 2.28. The van der Waals surface area contributed by atoms with Crippen LogP contribution >= 0.6 is 0 Å². The van der Waals surface area contributed by atoms with Crippen molar-refractivity contribution in [3.63, 3.8) is 0 Å². The Hall–Kier alpha value is -2.17. The van der Waals surface area contributed by atoms with Crippen LogP contribution in [0, 0.1) is 5.92 Å². The summed E-state index contributed by atoms with van der Waals surface area (Å²) in [5, 5.41) is 19.7. The molecule has 4 heteroatoms. The highest BCUT2D eigenvalue weighted by molar-refractivity contribution is 5.89. The largest absolute Gasteiger partial charge is 0.478 e. The predicted molar refractivity (Wildman–Crippen MR) is 92.9 cm³/mol. The lowest BCUT2D eigenvalue weighted by molar-refractivity contribution is 0.0237. The second kappa shape index (κ2) is 7.60. The molecule has 24 heavy (non-hydrogen) atoms. The van der Waals surface area contributed by atoms with Gasteiger partial charge in [-0.05, 0) is 30.0 Å². The molecule has 126 valence electrons. The number of likely N-dealkylation sites (tertiary alicyclic amines) is 1. The van der Waals surface area contributed by atoms with E-state index in [9.17, 15) is 15.0 Å². The van der Waals surface area contributed by atoms with Crippen LogP contribution in [-0.2, 0) is 13.0 Å². The van der Waals surface area contributed by atoms with Crippen LogP contribution in [0.5, 0.6) is 0 Å². The van der Waals surface area contributed by atoms with Crippen LogP contribution in [0.15, 0.2) is 54.6 Å². The topological polar surface area (TPSA) is 60.8 Å². The fourth-order valence-electron chi connectivity index (χ4n) is 3.47. The molecule has 0 bridgehead atoms. The Morgan fingerprint density at radius 3 is 2.54 bits per heavy atom. The van der Waals surface area contributed by atoms with Gasteiger partial charge in [-0.3, -0.25) is 4.90 Å². The van der Waals surface area contributed by atoms with Gasteiger partial charge in [0, 0.05) is 25.6 Å². The van der Waals surface area contributed by atoms with Crippen LogP contribution < -0.4 is 0 Å². The van der Waals surface area contributed by atoms with Crippen molar-refractivity contribution in [1.29, 1.82) is 0 Å². The summed E-state index contributed by atoms with van der Waals surface area (Å²) in [4.78, 5) is 13.7. The Bertz CT molecular complexity index is 686. The molecule has 1 aliphatic heterocycles. The van der Waals surface area contributed by atoms with E-state index in [2.05, 4.69) is 17.0 Å². The smallest absolute Gasteiger partial charge is 0.335 e. The molecule has 2 N–H and O–H groups in total. The molecule has 0 aliphatic carbocycles. The maximum atomic E-state index is 11.4. The summed E-state index contributed by atoms with van der Waals surface area (Å²) < 4.78 is 0. The van der Waals surface area contributed by atoms with Crippen LogP contribution in [0.4, 0.5) is 0 Å². The Balaban J connectivity index is 1.69. The van der Waals surface area contributed by atoms with Gasteiger partial charge in [-0.1, -0.05) is 48.5 Å². The van der Waals surface area contributed by atoms with Crippen LogP contribution in [0.2, 0.25) is 0 Å². The van der Waals surface area contributed by atoms with Crippen molar-refractivity contribution in [2.75, 3.05) is 13.1 Å². The molecule has 2 aromatic rings. The molecule has 2 aromatic carbocycles. The van der Waals surface area contributed by atoms with E-state index in [1.807, 2.05) is 30.3 Å². The van der Waals surface area contributed by atoms with E-state index in [0.717, 1.165) is 31.6 Å². The zero-order valence-electron chi connectivity index (χ0n) is 13.6. The van der Waals surface area contributed by atoms with E-state index >= 15 is 0 Å². The minimum absolute atomic E-state index is 0.0583. The summed E-state index contributed by atoms with van der Waals surface area (Å²) in [6.07, 6.45) is 0.945. The van der Waals surface area contributed by atoms with Gasteiger partial charge in [-0.15, -0.1) is 0 Å². The minimum atomic E-state index is -0.906. The summed E-state index contributed by atoms with van der Waals surface area (Å²) in [6, 6.07) is 17.4. The number of aromatic carboxylic acids is 1. The van der Waals surface area contributed by atoms with E-state index in [-0.39, 0.29) is 12.0 Å². The number of rotatable bonds is 5. The Kier molecular flexibility index (Phi) is 5.28. The first-order valence-electron chi connectivity index (χ1n) is 8.39. The molecule has 4 nitrogen and oxygen atoms in total. The average molecular weight is 325 g/mol. The van der Waals surface area contributed by atoms with Crippen molar-refractivity contribution in [3.8, 4) is 0 Å². The monoisotopic (exact) mass is 325 g/mol. The van der Waals surface area contributed by atoms with Crippen molar-refractivity contribution < 1.29 is 15.0 Å². The fourth-order valence-corrected chi connectivity index (χ4v) is 3.47. The van der Waals surface area contributed by atoms with Crippen molar-refractivity contribution in [1.82, 2.24) is 4.90 Å². The number of aliphatic hydroxyl groups excluding tert-OH is 1. The number of carbonyl (C=O) groups is 1. The number of aliphatic hydroxyl groups is 1. The van der Waals surface area contributed by atoms with E-state index in [4.69, 9.17) is 0 Å². The molecule has 2 atom stereocenters. The molecular weight excluding hydrogens is 302 g/mol. The molecule has 2 unspecified atom stereocenters. The van der Waals surface area contributed by atoms with Gasteiger partial charge in [0.25, 0.3) is 0 Å². The normalized spacial score (nSPS) is 21.5. The van der Waals surface area contributed by atoms with Crippen molar-refractivity contribution in [2.24, 2.45) is 5.92 Å². The lowest BCUT2D eigenvalue weighted by atomic mass is 9.87. The van der Waals surface area contributed by atoms with Gasteiger partial charge in [0.05, 0.1) is 11.7 Å². The molecule has 0 amide bonds. The number of piperidine rings is 1. The maximum absolute atomic E-state index is 11.4. The number of hydrogen-bond donors (Lipinski definition) is 2. The number of benzene rings is 2. The lowest BCUT2D eigenvalue weighted by Crippen LogP contribution is -2.43. The Morgan fingerprint density at radius 2 is 1.79 bits per heavy atom. The third kappa shape index (κ3) is 4.02. The number of carboxylic acids is 1. The van der Waals surface area contributed by atoms with Crippen molar-refractivity contribution >= 4 is 5.97 Å². The van der Waals surface area contributed by atoms with Crippen LogP contribution in [-0.4, -0.2) is 40.3 Å². The first-order valence-corrected chi connectivity index (χ1v) is 8.39. The summed E-state index contributed by atoms with van der Waals surface area (Å²) in [5.74, 6) is -0.847. The summed E-state index contributed by atoms with van der Waals surface area (Å²) in [5.41, 5.74) is 2.40. The van der Waals surface area contributed by atoms with Crippen molar-refractivity contribution in [2.45, 2.75) is 25.5 Å². The standard InChI is InChI=1S/C20H23NO3/c22-19-10-11-21(13-15-6-2-1-3-7-15)14-17(19)12-16-8-4-5-9-18(16)20(23)24/h1-9,17,19,22H,10-14H2,(H,23,24). The van der Waals surface area contributed by atoms with Gasteiger partial charge in [0.1, 0.15) is 0 Å². The van der Waals surface area contributed by atoms with E-state index in [1.54, 1.807) is 12.1 Å². The second-order valence-corrected chi connectivity index (χ2v) is 6.50. The fraction of sp³-hybridized carbons (Fsp3) is 0.350. The van der Waals surface area contributed by atoms with E-state index < -0.39 is 5.97 Å². The van der Waals surface area contributed by atoms with Gasteiger partial charge >= 0.3 is 5.97 Å². The molecule has 0 radical (unpaired) electrons. The van der Waals surface area contributed by atoms with Gasteiger partial charge in [-0.25, -0.2) is 4.79 Å². The minimum Gasteiger partial charge on any atom is -0.478 e. The highest BCUT2D eigenvalue weighted by Crippen LogP contribution is 2.24. The first kappa shape index (κ1) is 16.7. The van der Waals surface area contributed by atoms with E-state index in [0.29, 0.717) is 12.0 Å². The molecule has 1 aliphatic rings. The lowest BCUT2D eigenvalue weighted by Gasteiger charge is -2.36. The molecular formula is C20H23NO3. The van der Waals surface area contributed by atoms with Gasteiger partial charge in [0.2, 0.25) is 0 Å². The molecule has 3 rings (SSSR count). The van der Waals surface area contributed by atoms with Gasteiger partial charge < -0.3 is 10.2 Å². The maximum Gasteiger partial charge on any atom is 0.335 e. The molecule has 1 fully saturated rings. The summed E-state index contributed by atoms with van der Waals surface area (Å²) >= 11 is 0. The molecule has 0 saturated carbocycles. The van der Waals surface area contributed by atoms with Crippen LogP contribution in [0.3, 0.4) is 0 Å². The number of hydrogen-bond acceptors (Lipinski definition) is 3. The van der Waals surface area contributed by atoms with E-state index in [1.165, 1.54) is 5.56 Å². The zero-order valence-corrected chi connectivity index (χ0v) is 13.6. The molecule has 1 heterocycles. The van der Waals surface area contributed by atoms with Gasteiger partial charge in [0.15, 0.2) is 0 Å². The average Bonchev–Trinajstić information content (AvgIpc) is 2.59. The molecule has 0 spiro atoms. The second-order valence-electron chi connectivity index (χ2n) is 6.50.